The van der Waals surface area contributed by atoms with Crippen LogP contribution in [0.5, 0.6) is 0 Å². The van der Waals surface area contributed by atoms with Crippen LogP contribution in [0, 0.1) is 12.0 Å². The molecule has 59 valence electrons. The maximum Gasteiger partial charge on any atom is 0.141 e. The van der Waals surface area contributed by atoms with Crippen LogP contribution in [-0.2, 0) is 0 Å². The van der Waals surface area contributed by atoms with E-state index >= 15 is 0 Å². The van der Waals surface area contributed by atoms with Crippen LogP contribution >= 0.6 is 0 Å². The van der Waals surface area contributed by atoms with Crippen LogP contribution in [0.3, 0.4) is 0 Å². The van der Waals surface area contributed by atoms with Crippen molar-refractivity contribution in [3.05, 3.63) is 42.5 Å². The molecule has 1 heterocycles. The maximum absolute atomic E-state index is 13.1. The summed E-state index contributed by atoms with van der Waals surface area (Å²) in [5.74, 6) is 0.231. The van der Waals surface area contributed by atoms with Gasteiger partial charge in [-0.25, -0.2) is 9.37 Å². The molecule has 1 aromatic heterocycles. The Hall–Kier alpha value is -1.64. The van der Waals surface area contributed by atoms with Gasteiger partial charge in [0, 0.05) is 6.20 Å². The molecule has 0 saturated heterocycles. The van der Waals surface area contributed by atoms with Crippen molar-refractivity contribution in [3.8, 4) is 11.4 Å². The van der Waals surface area contributed by atoms with Gasteiger partial charge in [0.2, 0.25) is 0 Å². The van der Waals surface area contributed by atoms with E-state index in [1.165, 1.54) is 6.07 Å². The molecule has 1 N–H and O–H groups in total. The van der Waals surface area contributed by atoms with E-state index in [-0.39, 0.29) is 5.82 Å². The number of hydrogen-bond acceptors (Lipinski definition) is 1. The molecule has 12 heavy (non-hydrogen) atoms. The first-order chi connectivity index (χ1) is 5.88. The Morgan fingerprint density at radius 1 is 1.33 bits per heavy atom. The number of nitrogens with one attached hydrogen (secondary N) is 1. The molecule has 1 aromatic carbocycles. The highest BCUT2D eigenvalue weighted by Crippen LogP contribution is 2.17. The highest BCUT2D eigenvalue weighted by Gasteiger charge is 2.04. The van der Waals surface area contributed by atoms with Crippen LogP contribution in [0.15, 0.2) is 30.5 Å². The number of nitrogens with zero attached hydrogens (tertiary/aromatic N) is 1. The Morgan fingerprint density at radius 3 is 2.83 bits per heavy atom. The molecular formula is C9H6FN2. The van der Waals surface area contributed by atoms with Gasteiger partial charge in [-0.15, -0.1) is 0 Å². The Kier molecular flexibility index (Phi) is 1.63. The van der Waals surface area contributed by atoms with Crippen LogP contribution in [0.1, 0.15) is 0 Å². The second-order valence-electron chi connectivity index (χ2n) is 2.36. The van der Waals surface area contributed by atoms with Gasteiger partial charge in [0.05, 0.1) is 5.56 Å². The van der Waals surface area contributed by atoms with Crippen molar-refractivity contribution in [2.45, 2.75) is 0 Å². The third-order valence-electron chi connectivity index (χ3n) is 1.58. The normalized spacial score (nSPS) is 10.1. The molecule has 0 aliphatic heterocycles. The number of hydrogen-bond donors (Lipinski definition) is 1. The quantitative estimate of drug-likeness (QED) is 0.681. The lowest BCUT2D eigenvalue weighted by Crippen LogP contribution is -1.84. The molecule has 0 aliphatic rings. The van der Waals surface area contributed by atoms with Gasteiger partial charge in [0.25, 0.3) is 0 Å². The molecule has 0 unspecified atom stereocenters. The summed E-state index contributed by atoms with van der Waals surface area (Å²) in [6.07, 6.45) is 4.13. The van der Waals surface area contributed by atoms with Crippen LogP contribution < -0.4 is 0 Å². The first-order valence-corrected chi connectivity index (χ1v) is 3.54. The van der Waals surface area contributed by atoms with Crippen LogP contribution in [0.2, 0.25) is 0 Å². The van der Waals surface area contributed by atoms with E-state index in [1.54, 1.807) is 24.4 Å². The SMILES string of the molecule is Fc1ccccc1-c1n[c]c[nH]1. The topological polar surface area (TPSA) is 28.7 Å². The van der Waals surface area contributed by atoms with Crippen molar-refractivity contribution >= 4 is 0 Å². The van der Waals surface area contributed by atoms with E-state index in [4.69, 9.17) is 0 Å². The highest BCUT2D eigenvalue weighted by molar-refractivity contribution is 5.55. The first kappa shape index (κ1) is 7.03. The highest BCUT2D eigenvalue weighted by atomic mass is 19.1. The lowest BCUT2D eigenvalue weighted by molar-refractivity contribution is 0.630. The third kappa shape index (κ3) is 1.09. The van der Waals surface area contributed by atoms with Gasteiger partial charge in [-0.05, 0) is 12.1 Å². The number of rotatable bonds is 1. The zero-order valence-electron chi connectivity index (χ0n) is 6.21. The van der Waals surface area contributed by atoms with Crippen LogP contribution in [-0.4, -0.2) is 9.97 Å². The Morgan fingerprint density at radius 2 is 2.17 bits per heavy atom. The molecule has 2 nitrogen and oxygen atoms in total. The summed E-state index contributed by atoms with van der Waals surface area (Å²) in [4.78, 5) is 6.61. The molecule has 0 atom stereocenters. The van der Waals surface area contributed by atoms with Crippen molar-refractivity contribution in [3.63, 3.8) is 0 Å². The van der Waals surface area contributed by atoms with Gasteiger partial charge in [0.15, 0.2) is 0 Å². The van der Waals surface area contributed by atoms with Gasteiger partial charge in [0.1, 0.15) is 17.8 Å². The summed E-state index contributed by atoms with van der Waals surface area (Å²) < 4.78 is 13.1. The van der Waals surface area contributed by atoms with Crippen molar-refractivity contribution < 1.29 is 4.39 Å². The van der Waals surface area contributed by atoms with Crippen molar-refractivity contribution in [1.29, 1.82) is 0 Å². The number of H-pyrrole nitrogens is 1. The second-order valence-corrected chi connectivity index (χ2v) is 2.36. The number of halogens is 1. The zero-order valence-corrected chi connectivity index (χ0v) is 6.21. The molecule has 0 amide bonds. The molecule has 0 bridgehead atoms. The van der Waals surface area contributed by atoms with E-state index < -0.39 is 0 Å². The summed E-state index contributed by atoms with van der Waals surface area (Å²) in [6.45, 7) is 0. The number of aromatic amines is 1. The molecule has 0 saturated carbocycles. The molecule has 0 aliphatic carbocycles. The monoisotopic (exact) mass is 161 g/mol. The van der Waals surface area contributed by atoms with E-state index in [0.717, 1.165) is 0 Å². The van der Waals surface area contributed by atoms with Gasteiger partial charge in [-0.3, -0.25) is 0 Å². The summed E-state index contributed by atoms with van der Waals surface area (Å²) in [7, 11) is 0. The minimum absolute atomic E-state index is 0.277. The third-order valence-corrected chi connectivity index (χ3v) is 1.58. The minimum Gasteiger partial charge on any atom is -0.344 e. The van der Waals surface area contributed by atoms with Gasteiger partial charge < -0.3 is 4.98 Å². The van der Waals surface area contributed by atoms with Crippen molar-refractivity contribution in [2.75, 3.05) is 0 Å². The molecule has 0 spiro atoms. The fraction of sp³-hybridized carbons (Fsp3) is 0. The van der Waals surface area contributed by atoms with E-state index in [0.29, 0.717) is 11.4 Å². The van der Waals surface area contributed by atoms with Crippen molar-refractivity contribution in [2.24, 2.45) is 0 Å². The second kappa shape index (κ2) is 2.77. The average molecular weight is 161 g/mol. The van der Waals surface area contributed by atoms with Crippen LogP contribution in [0.4, 0.5) is 4.39 Å². The maximum atomic E-state index is 13.1. The predicted molar refractivity (Wildman–Crippen MR) is 42.8 cm³/mol. The van der Waals surface area contributed by atoms with E-state index in [9.17, 15) is 4.39 Å². The largest absolute Gasteiger partial charge is 0.344 e. The fourth-order valence-electron chi connectivity index (χ4n) is 1.02. The molecule has 1 radical (unpaired) electrons. The van der Waals surface area contributed by atoms with E-state index in [1.807, 2.05) is 0 Å². The number of benzene rings is 1. The zero-order chi connectivity index (χ0) is 8.39. The lowest BCUT2D eigenvalue weighted by Gasteiger charge is -1.96. The number of aromatic nitrogens is 2. The molecule has 2 aromatic rings. The Bertz CT molecular complexity index is 368. The smallest absolute Gasteiger partial charge is 0.141 e. The van der Waals surface area contributed by atoms with Crippen LogP contribution in [0.25, 0.3) is 11.4 Å². The Labute approximate surface area is 69.1 Å². The summed E-state index contributed by atoms with van der Waals surface area (Å²) in [6, 6.07) is 6.48. The van der Waals surface area contributed by atoms with E-state index in [2.05, 4.69) is 16.2 Å². The standard InChI is InChI=1S/C9H6FN2/c10-8-4-2-1-3-7(8)9-11-5-6-12-9/h1-5H,(H,11,12). The molecular weight excluding hydrogens is 155 g/mol. The van der Waals surface area contributed by atoms with Gasteiger partial charge in [-0.2, -0.15) is 0 Å². The summed E-state index contributed by atoms with van der Waals surface area (Å²) >= 11 is 0. The summed E-state index contributed by atoms with van der Waals surface area (Å²) in [5.41, 5.74) is 0.471. The van der Waals surface area contributed by atoms with Gasteiger partial charge >= 0.3 is 0 Å². The first-order valence-electron chi connectivity index (χ1n) is 3.54. The fourth-order valence-corrected chi connectivity index (χ4v) is 1.02. The average Bonchev–Trinajstić information content (AvgIpc) is 2.57. The molecule has 3 heteroatoms. The number of imidazole rings is 1. The molecule has 0 fully saturated rings. The Balaban J connectivity index is 2.55. The minimum atomic E-state index is -0.277. The van der Waals surface area contributed by atoms with Crippen molar-refractivity contribution in [1.82, 2.24) is 9.97 Å². The predicted octanol–water partition coefficient (Wildman–Crippen LogP) is 2.02. The molecule has 2 rings (SSSR count). The lowest BCUT2D eigenvalue weighted by atomic mass is 10.2. The summed E-state index contributed by atoms with van der Waals surface area (Å²) in [5, 5.41) is 0. The van der Waals surface area contributed by atoms with Gasteiger partial charge in [-0.1, -0.05) is 12.1 Å².